The molecule has 2 heterocycles. The van der Waals surface area contributed by atoms with Crippen LogP contribution in [0.3, 0.4) is 0 Å². The van der Waals surface area contributed by atoms with Crippen molar-refractivity contribution in [3.8, 4) is 22.8 Å². The Kier molecular flexibility index (Phi) is 5.38. The van der Waals surface area contributed by atoms with Gasteiger partial charge in [-0.05, 0) is 24.3 Å². The fourth-order valence-electron chi connectivity index (χ4n) is 3.02. The minimum absolute atomic E-state index is 0.173. The van der Waals surface area contributed by atoms with Gasteiger partial charge in [-0.2, -0.15) is 4.98 Å². The van der Waals surface area contributed by atoms with Crippen molar-refractivity contribution in [2.45, 2.75) is 19.9 Å². The molecule has 7 nitrogen and oxygen atoms in total. The Morgan fingerprint density at radius 2 is 1.83 bits per heavy atom. The summed E-state index contributed by atoms with van der Waals surface area (Å²) in [4.78, 5) is 23.0. The van der Waals surface area contributed by atoms with Gasteiger partial charge < -0.3 is 13.8 Å². The summed E-state index contributed by atoms with van der Waals surface area (Å²) < 4.78 is 25.0. The van der Waals surface area contributed by atoms with E-state index in [-0.39, 0.29) is 24.1 Å². The third-order valence-electron chi connectivity index (χ3n) is 4.58. The van der Waals surface area contributed by atoms with Gasteiger partial charge >= 0.3 is 0 Å². The molecule has 4 rings (SSSR count). The fourth-order valence-corrected chi connectivity index (χ4v) is 3.02. The van der Waals surface area contributed by atoms with Gasteiger partial charge in [0.2, 0.25) is 11.8 Å². The van der Waals surface area contributed by atoms with E-state index in [9.17, 15) is 9.18 Å². The summed E-state index contributed by atoms with van der Waals surface area (Å²) in [7, 11) is 1.65. The first-order valence-corrected chi connectivity index (χ1v) is 9.44. The number of oxazole rings is 1. The van der Waals surface area contributed by atoms with Crippen molar-refractivity contribution >= 4 is 5.91 Å². The highest BCUT2D eigenvalue weighted by Gasteiger charge is 2.21. The summed E-state index contributed by atoms with van der Waals surface area (Å²) in [5, 5.41) is 3.84. The molecule has 0 saturated heterocycles. The number of halogens is 1. The van der Waals surface area contributed by atoms with Crippen molar-refractivity contribution in [3.05, 3.63) is 77.8 Å². The maximum atomic E-state index is 14.1. The van der Waals surface area contributed by atoms with E-state index >= 15 is 0 Å². The first kappa shape index (κ1) is 19.5. The van der Waals surface area contributed by atoms with Crippen LogP contribution < -0.4 is 0 Å². The predicted octanol–water partition coefficient (Wildman–Crippen LogP) is 4.37. The molecule has 1 amide bonds. The molecule has 0 aliphatic rings. The Bertz CT molecular complexity index is 1180. The van der Waals surface area contributed by atoms with E-state index in [0.29, 0.717) is 34.8 Å². The van der Waals surface area contributed by atoms with E-state index < -0.39 is 5.82 Å². The number of amides is 1. The zero-order chi connectivity index (χ0) is 21.1. The van der Waals surface area contributed by atoms with Crippen molar-refractivity contribution in [2.75, 3.05) is 7.05 Å². The predicted molar refractivity (Wildman–Crippen MR) is 107 cm³/mol. The molecular weight excluding hydrogens is 387 g/mol. The molecule has 2 aromatic heterocycles. The summed E-state index contributed by atoms with van der Waals surface area (Å²) >= 11 is 0. The van der Waals surface area contributed by atoms with Gasteiger partial charge in [-0.25, -0.2) is 9.37 Å². The molecule has 0 saturated carbocycles. The summed E-state index contributed by atoms with van der Waals surface area (Å²) in [6, 6.07) is 13.2. The molecule has 152 valence electrons. The minimum atomic E-state index is -0.407. The van der Waals surface area contributed by atoms with Crippen LogP contribution in [0.1, 0.15) is 29.0 Å². The second kappa shape index (κ2) is 8.28. The van der Waals surface area contributed by atoms with Crippen LogP contribution in [-0.2, 0) is 13.0 Å². The van der Waals surface area contributed by atoms with Crippen LogP contribution in [0.15, 0.2) is 63.7 Å². The quantitative estimate of drug-likeness (QED) is 0.473. The van der Waals surface area contributed by atoms with Crippen LogP contribution in [-0.4, -0.2) is 33.0 Å². The Labute approximate surface area is 172 Å². The van der Waals surface area contributed by atoms with E-state index in [4.69, 9.17) is 8.94 Å². The van der Waals surface area contributed by atoms with E-state index in [1.54, 1.807) is 49.5 Å². The maximum absolute atomic E-state index is 14.1. The molecule has 0 bridgehead atoms. The van der Waals surface area contributed by atoms with Crippen molar-refractivity contribution in [1.29, 1.82) is 0 Å². The smallest absolute Gasteiger partial charge is 0.254 e. The molecule has 0 radical (unpaired) electrons. The van der Waals surface area contributed by atoms with E-state index in [1.165, 1.54) is 17.2 Å². The van der Waals surface area contributed by atoms with E-state index in [2.05, 4.69) is 15.1 Å². The third kappa shape index (κ3) is 3.84. The summed E-state index contributed by atoms with van der Waals surface area (Å²) in [5.74, 6) is 0.806. The van der Waals surface area contributed by atoms with Crippen LogP contribution >= 0.6 is 0 Å². The highest BCUT2D eigenvalue weighted by Crippen LogP contribution is 2.30. The minimum Gasteiger partial charge on any atom is -0.436 e. The molecule has 0 atom stereocenters. The van der Waals surface area contributed by atoms with E-state index in [0.717, 1.165) is 0 Å². The number of hydrogen-bond donors (Lipinski definition) is 0. The van der Waals surface area contributed by atoms with Crippen LogP contribution in [0.5, 0.6) is 0 Å². The molecule has 4 aromatic rings. The Morgan fingerprint density at radius 1 is 1.10 bits per heavy atom. The molecular formula is C22H19FN4O3. The highest BCUT2D eigenvalue weighted by atomic mass is 19.1. The van der Waals surface area contributed by atoms with Crippen LogP contribution in [0.2, 0.25) is 0 Å². The zero-order valence-corrected chi connectivity index (χ0v) is 16.5. The summed E-state index contributed by atoms with van der Waals surface area (Å²) in [6.07, 6.45) is 2.10. The van der Waals surface area contributed by atoms with Gasteiger partial charge in [0.15, 0.2) is 11.6 Å². The Balaban J connectivity index is 1.61. The van der Waals surface area contributed by atoms with Crippen LogP contribution in [0.25, 0.3) is 22.8 Å². The number of hydrogen-bond acceptors (Lipinski definition) is 6. The Hall–Kier alpha value is -3.81. The number of carbonyl (C=O) groups is 1. The van der Waals surface area contributed by atoms with E-state index in [1.807, 2.05) is 6.92 Å². The lowest BCUT2D eigenvalue weighted by molar-refractivity contribution is 0.0770. The fraction of sp³-hybridized carbons (Fsp3) is 0.182. The zero-order valence-electron chi connectivity index (χ0n) is 16.5. The normalized spacial score (nSPS) is 10.9. The van der Waals surface area contributed by atoms with Gasteiger partial charge in [0.25, 0.3) is 5.91 Å². The molecule has 8 heteroatoms. The standard InChI is InChI=1S/C22H19FN4O3/c1-3-19-25-20(30-26-19)13-27(2)22(28)15-9-5-4-8-14(15)21-24-12-18(29-21)16-10-6-7-11-17(16)23/h4-12H,3,13H2,1-2H3. The number of rotatable bonds is 6. The average Bonchev–Trinajstić information content (AvgIpc) is 3.43. The molecule has 30 heavy (non-hydrogen) atoms. The third-order valence-corrected chi connectivity index (χ3v) is 4.58. The molecule has 0 aliphatic carbocycles. The van der Waals surface area contributed by atoms with Crippen molar-refractivity contribution in [1.82, 2.24) is 20.0 Å². The van der Waals surface area contributed by atoms with Crippen molar-refractivity contribution < 1.29 is 18.1 Å². The first-order chi connectivity index (χ1) is 14.6. The topological polar surface area (TPSA) is 85.3 Å². The number of aryl methyl sites for hydroxylation is 1. The van der Waals surface area contributed by atoms with Gasteiger partial charge in [-0.1, -0.05) is 36.3 Å². The molecule has 0 N–H and O–H groups in total. The number of carbonyl (C=O) groups excluding carboxylic acids is 1. The van der Waals surface area contributed by atoms with Gasteiger partial charge in [-0.3, -0.25) is 4.79 Å². The second-order valence-electron chi connectivity index (χ2n) is 6.67. The van der Waals surface area contributed by atoms with Crippen LogP contribution in [0, 0.1) is 5.82 Å². The van der Waals surface area contributed by atoms with Gasteiger partial charge in [-0.15, -0.1) is 0 Å². The SMILES string of the molecule is CCc1noc(CN(C)C(=O)c2ccccc2-c2ncc(-c3ccccc3F)o2)n1. The molecule has 0 spiro atoms. The molecule has 0 aliphatic heterocycles. The molecule has 2 aromatic carbocycles. The monoisotopic (exact) mass is 406 g/mol. The number of aromatic nitrogens is 3. The largest absolute Gasteiger partial charge is 0.436 e. The van der Waals surface area contributed by atoms with Gasteiger partial charge in [0.1, 0.15) is 5.82 Å². The summed E-state index contributed by atoms with van der Waals surface area (Å²) in [5.41, 5.74) is 1.22. The second-order valence-corrected chi connectivity index (χ2v) is 6.67. The number of nitrogens with zero attached hydrogens (tertiary/aromatic N) is 4. The lowest BCUT2D eigenvalue weighted by Crippen LogP contribution is -2.26. The number of benzene rings is 2. The lowest BCUT2D eigenvalue weighted by Gasteiger charge is -2.16. The first-order valence-electron chi connectivity index (χ1n) is 9.44. The van der Waals surface area contributed by atoms with Crippen molar-refractivity contribution in [3.63, 3.8) is 0 Å². The average molecular weight is 406 g/mol. The lowest BCUT2D eigenvalue weighted by atomic mass is 10.1. The van der Waals surface area contributed by atoms with Crippen molar-refractivity contribution in [2.24, 2.45) is 0 Å². The highest BCUT2D eigenvalue weighted by molar-refractivity contribution is 5.99. The molecule has 0 unspecified atom stereocenters. The maximum Gasteiger partial charge on any atom is 0.254 e. The van der Waals surface area contributed by atoms with Gasteiger partial charge in [0.05, 0.1) is 23.9 Å². The van der Waals surface area contributed by atoms with Crippen LogP contribution in [0.4, 0.5) is 4.39 Å². The molecule has 0 fully saturated rings. The summed E-state index contributed by atoms with van der Waals surface area (Å²) in [6.45, 7) is 2.10. The van der Waals surface area contributed by atoms with Gasteiger partial charge in [0, 0.05) is 19.0 Å². The Morgan fingerprint density at radius 3 is 2.57 bits per heavy atom.